The smallest absolute Gasteiger partial charge is 0.231 e. The van der Waals surface area contributed by atoms with Crippen molar-refractivity contribution in [2.24, 2.45) is 5.16 Å². The standard InChI is InChI=1S/C21H19N3O3/c25-24-21(27-19-12-22-14-23-13-19)11-16-7-6-15-10-18(8-9-20(15)16)26-17-4-2-1-3-5-17/h1-5,8-10,12-14,16,25H,6-7,11H2/b24-21+. The predicted octanol–water partition coefficient (Wildman–Crippen LogP) is 4.56. The van der Waals surface area contributed by atoms with Crippen LogP contribution in [0.3, 0.4) is 0 Å². The van der Waals surface area contributed by atoms with Gasteiger partial charge in [0, 0.05) is 6.42 Å². The molecule has 6 heteroatoms. The van der Waals surface area contributed by atoms with Crippen molar-refractivity contribution in [1.82, 2.24) is 9.97 Å². The van der Waals surface area contributed by atoms with Gasteiger partial charge in [0.05, 0.1) is 12.4 Å². The van der Waals surface area contributed by atoms with Crippen molar-refractivity contribution in [3.63, 3.8) is 0 Å². The second kappa shape index (κ2) is 7.86. The highest BCUT2D eigenvalue weighted by atomic mass is 16.5. The van der Waals surface area contributed by atoms with Crippen LogP contribution in [-0.2, 0) is 6.42 Å². The average Bonchev–Trinajstić information content (AvgIpc) is 3.11. The van der Waals surface area contributed by atoms with E-state index in [1.165, 1.54) is 29.8 Å². The quantitative estimate of drug-likeness (QED) is 0.312. The van der Waals surface area contributed by atoms with Crippen molar-refractivity contribution < 1.29 is 14.7 Å². The summed E-state index contributed by atoms with van der Waals surface area (Å²) in [6.45, 7) is 0. The van der Waals surface area contributed by atoms with Crippen LogP contribution in [-0.4, -0.2) is 21.1 Å². The molecule has 0 saturated heterocycles. The molecule has 1 atom stereocenters. The molecule has 0 saturated carbocycles. The zero-order valence-electron chi connectivity index (χ0n) is 14.7. The predicted molar refractivity (Wildman–Crippen MR) is 101 cm³/mol. The molecule has 2 aromatic carbocycles. The molecule has 1 aromatic heterocycles. The number of hydrogen-bond acceptors (Lipinski definition) is 6. The second-order valence-corrected chi connectivity index (χ2v) is 6.39. The Balaban J connectivity index is 1.45. The third kappa shape index (κ3) is 4.06. The van der Waals surface area contributed by atoms with Crippen molar-refractivity contribution in [2.45, 2.75) is 25.2 Å². The van der Waals surface area contributed by atoms with Crippen LogP contribution in [0, 0.1) is 0 Å². The minimum atomic E-state index is 0.237. The molecule has 0 aliphatic heterocycles. The van der Waals surface area contributed by atoms with Gasteiger partial charge in [-0.15, -0.1) is 0 Å². The summed E-state index contributed by atoms with van der Waals surface area (Å²) >= 11 is 0. The monoisotopic (exact) mass is 361 g/mol. The van der Waals surface area contributed by atoms with Gasteiger partial charge in [-0.3, -0.25) is 0 Å². The molecule has 0 spiro atoms. The molecule has 1 aliphatic rings. The highest BCUT2D eigenvalue weighted by Gasteiger charge is 2.25. The summed E-state index contributed by atoms with van der Waals surface area (Å²) < 4.78 is 11.5. The summed E-state index contributed by atoms with van der Waals surface area (Å²) in [6.07, 6.45) is 6.93. The fourth-order valence-electron chi connectivity index (χ4n) is 3.37. The van der Waals surface area contributed by atoms with Crippen molar-refractivity contribution >= 4 is 5.90 Å². The fourth-order valence-corrected chi connectivity index (χ4v) is 3.37. The molecule has 27 heavy (non-hydrogen) atoms. The maximum absolute atomic E-state index is 9.31. The molecule has 1 N–H and O–H groups in total. The van der Waals surface area contributed by atoms with Gasteiger partial charge >= 0.3 is 0 Å². The van der Waals surface area contributed by atoms with E-state index < -0.39 is 0 Å². The van der Waals surface area contributed by atoms with Gasteiger partial charge in [0.2, 0.25) is 5.90 Å². The topological polar surface area (TPSA) is 76.8 Å². The van der Waals surface area contributed by atoms with E-state index in [-0.39, 0.29) is 11.8 Å². The number of hydrogen-bond donors (Lipinski definition) is 1. The molecule has 0 amide bonds. The molecular weight excluding hydrogens is 342 g/mol. The van der Waals surface area contributed by atoms with Gasteiger partial charge in [0.15, 0.2) is 5.75 Å². The summed E-state index contributed by atoms with van der Waals surface area (Å²) in [4.78, 5) is 7.79. The molecule has 1 unspecified atom stereocenters. The first-order valence-corrected chi connectivity index (χ1v) is 8.81. The number of benzene rings is 2. The molecule has 0 fully saturated rings. The Labute approximate surface area is 157 Å². The van der Waals surface area contributed by atoms with Gasteiger partial charge in [-0.25, -0.2) is 9.97 Å². The summed E-state index contributed by atoms with van der Waals surface area (Å²) in [6, 6.07) is 15.9. The molecular formula is C21H19N3O3. The Morgan fingerprint density at radius 3 is 2.63 bits per heavy atom. The van der Waals surface area contributed by atoms with Crippen LogP contribution in [0.2, 0.25) is 0 Å². The number of aromatic nitrogens is 2. The Hall–Kier alpha value is -3.41. The summed E-state index contributed by atoms with van der Waals surface area (Å²) in [5.74, 6) is 2.60. The van der Waals surface area contributed by atoms with Crippen LogP contribution >= 0.6 is 0 Å². The first-order valence-electron chi connectivity index (χ1n) is 8.81. The van der Waals surface area contributed by atoms with Gasteiger partial charge in [0.1, 0.15) is 17.8 Å². The van der Waals surface area contributed by atoms with Crippen molar-refractivity contribution in [3.05, 3.63) is 78.4 Å². The maximum atomic E-state index is 9.31. The van der Waals surface area contributed by atoms with Crippen molar-refractivity contribution in [3.8, 4) is 17.2 Å². The van der Waals surface area contributed by atoms with Crippen LogP contribution in [0.25, 0.3) is 0 Å². The lowest BCUT2D eigenvalue weighted by atomic mass is 9.97. The van der Waals surface area contributed by atoms with Gasteiger partial charge in [-0.05, 0) is 54.2 Å². The highest BCUT2D eigenvalue weighted by molar-refractivity contribution is 5.79. The molecule has 0 radical (unpaired) electrons. The zero-order chi connectivity index (χ0) is 18.5. The van der Waals surface area contributed by atoms with Gasteiger partial charge in [0.25, 0.3) is 0 Å². The summed E-state index contributed by atoms with van der Waals surface area (Å²) in [5.41, 5.74) is 2.50. The lowest BCUT2D eigenvalue weighted by Gasteiger charge is -2.14. The average molecular weight is 361 g/mol. The Morgan fingerprint density at radius 1 is 1.04 bits per heavy atom. The van der Waals surface area contributed by atoms with Crippen LogP contribution in [0.1, 0.15) is 29.9 Å². The highest BCUT2D eigenvalue weighted by Crippen LogP contribution is 2.38. The number of rotatable bonds is 5. The van der Waals surface area contributed by atoms with E-state index >= 15 is 0 Å². The Bertz CT molecular complexity index is 930. The summed E-state index contributed by atoms with van der Waals surface area (Å²) in [5, 5.41) is 12.6. The fraction of sp³-hybridized carbons (Fsp3) is 0.190. The number of fused-ring (bicyclic) bond motifs is 1. The van der Waals surface area contributed by atoms with Gasteiger partial charge in [-0.2, -0.15) is 0 Å². The normalized spacial score (nSPS) is 16.0. The van der Waals surface area contributed by atoms with E-state index in [4.69, 9.17) is 9.47 Å². The molecule has 1 aliphatic carbocycles. The maximum Gasteiger partial charge on any atom is 0.231 e. The van der Waals surface area contributed by atoms with Crippen LogP contribution < -0.4 is 9.47 Å². The van der Waals surface area contributed by atoms with Gasteiger partial charge in [-0.1, -0.05) is 29.4 Å². The minimum Gasteiger partial charge on any atom is -0.457 e. The van der Waals surface area contributed by atoms with Crippen molar-refractivity contribution in [1.29, 1.82) is 0 Å². The number of ether oxygens (including phenoxy) is 2. The molecule has 6 nitrogen and oxygen atoms in total. The van der Waals surface area contributed by atoms with Crippen molar-refractivity contribution in [2.75, 3.05) is 0 Å². The van der Waals surface area contributed by atoms with Crippen LogP contribution in [0.15, 0.2) is 72.4 Å². The Kier molecular flexibility index (Phi) is 4.96. The van der Waals surface area contributed by atoms with Gasteiger partial charge < -0.3 is 14.7 Å². The molecule has 136 valence electrons. The van der Waals surface area contributed by atoms with E-state index in [9.17, 15) is 5.21 Å². The van der Waals surface area contributed by atoms with Crippen LogP contribution in [0.4, 0.5) is 0 Å². The number of para-hydroxylation sites is 1. The SMILES string of the molecule is O/N=C(\CC1CCc2cc(Oc3ccccc3)ccc21)Oc1cncnc1. The first-order chi connectivity index (χ1) is 13.3. The number of aryl methyl sites for hydroxylation is 1. The van der Waals surface area contributed by atoms with E-state index in [1.807, 2.05) is 36.4 Å². The third-order valence-corrected chi connectivity index (χ3v) is 4.60. The zero-order valence-corrected chi connectivity index (χ0v) is 14.7. The lowest BCUT2D eigenvalue weighted by molar-refractivity contribution is 0.299. The number of nitrogens with zero attached hydrogens (tertiary/aromatic N) is 3. The summed E-state index contributed by atoms with van der Waals surface area (Å²) in [7, 11) is 0. The third-order valence-electron chi connectivity index (χ3n) is 4.60. The largest absolute Gasteiger partial charge is 0.457 e. The molecule has 4 rings (SSSR count). The second-order valence-electron chi connectivity index (χ2n) is 6.39. The van der Waals surface area contributed by atoms with E-state index in [1.54, 1.807) is 0 Å². The molecule has 0 bridgehead atoms. The van der Waals surface area contributed by atoms with E-state index in [0.717, 1.165) is 24.3 Å². The Morgan fingerprint density at radius 2 is 1.85 bits per heavy atom. The molecule has 3 aromatic rings. The minimum absolute atomic E-state index is 0.237. The molecule has 1 heterocycles. The van der Waals surface area contributed by atoms with E-state index in [2.05, 4.69) is 27.3 Å². The van der Waals surface area contributed by atoms with Crippen LogP contribution in [0.5, 0.6) is 17.2 Å². The number of oxime groups is 1. The van der Waals surface area contributed by atoms with E-state index in [0.29, 0.717) is 12.2 Å². The lowest BCUT2D eigenvalue weighted by Crippen LogP contribution is -2.13. The first kappa shape index (κ1) is 17.0.